The van der Waals surface area contributed by atoms with Gasteiger partial charge in [-0.2, -0.15) is 15.8 Å². The van der Waals surface area contributed by atoms with E-state index in [2.05, 4.69) is 30.3 Å². The number of hydrogen-bond acceptors (Lipinski definition) is 3. The summed E-state index contributed by atoms with van der Waals surface area (Å²) in [5, 5.41) is 36.9. The highest BCUT2D eigenvalue weighted by Gasteiger charge is 2.20. The van der Waals surface area contributed by atoms with Crippen LogP contribution in [0.15, 0.2) is 42.5 Å². The van der Waals surface area contributed by atoms with E-state index in [1.165, 1.54) is 0 Å². The summed E-state index contributed by atoms with van der Waals surface area (Å²) in [5.74, 6) is 0. The molecule has 0 aliphatic rings. The van der Waals surface area contributed by atoms with E-state index in [4.69, 9.17) is 0 Å². The third-order valence-corrected chi connectivity index (χ3v) is 5.78. The van der Waals surface area contributed by atoms with Crippen LogP contribution in [-0.4, -0.2) is 0 Å². The average molecular weight is 355 g/mol. The molecule has 0 radical (unpaired) electrons. The molecule has 3 heteroatoms. The zero-order valence-electron chi connectivity index (χ0n) is 15.4. The topological polar surface area (TPSA) is 71.4 Å². The van der Waals surface area contributed by atoms with Crippen LogP contribution in [0.25, 0.3) is 43.1 Å². The van der Waals surface area contributed by atoms with E-state index in [9.17, 15) is 15.8 Å². The van der Waals surface area contributed by atoms with E-state index in [0.29, 0.717) is 16.7 Å². The summed E-state index contributed by atoms with van der Waals surface area (Å²) in [6.07, 6.45) is 0. The first-order valence-electron chi connectivity index (χ1n) is 8.98. The standard InChI is InChI=1S/C25H13N3/c1-13-3-6-18-19-7-4-14(2)22-16(11-27)9-17(12-28)23(25(19)22)20-8-5-15(10-26)21(13)24(18)20/h3-9H,1-2H3. The fraction of sp³-hybridized carbons (Fsp3) is 0.0800. The van der Waals surface area contributed by atoms with E-state index in [0.717, 1.165) is 54.2 Å². The zero-order valence-corrected chi connectivity index (χ0v) is 15.4. The van der Waals surface area contributed by atoms with Crippen LogP contribution in [0.5, 0.6) is 0 Å². The summed E-state index contributed by atoms with van der Waals surface area (Å²) >= 11 is 0. The summed E-state index contributed by atoms with van der Waals surface area (Å²) < 4.78 is 0. The predicted molar refractivity (Wildman–Crippen MR) is 111 cm³/mol. The first kappa shape index (κ1) is 16.1. The molecule has 0 saturated heterocycles. The molecule has 0 aliphatic carbocycles. The van der Waals surface area contributed by atoms with E-state index in [1.54, 1.807) is 6.07 Å². The van der Waals surface area contributed by atoms with Gasteiger partial charge in [0.15, 0.2) is 0 Å². The number of rotatable bonds is 0. The summed E-state index contributed by atoms with van der Waals surface area (Å²) in [6.45, 7) is 4.00. The molecule has 0 unspecified atom stereocenters. The normalized spacial score (nSPS) is 11.1. The van der Waals surface area contributed by atoms with Gasteiger partial charge >= 0.3 is 0 Å². The van der Waals surface area contributed by atoms with Crippen LogP contribution in [0.3, 0.4) is 0 Å². The molecular weight excluding hydrogens is 342 g/mol. The maximum Gasteiger partial charge on any atom is 0.0998 e. The second-order valence-electron chi connectivity index (χ2n) is 7.20. The molecule has 0 spiro atoms. The molecule has 3 nitrogen and oxygen atoms in total. The van der Waals surface area contributed by atoms with Gasteiger partial charge in [0.2, 0.25) is 0 Å². The highest BCUT2D eigenvalue weighted by molar-refractivity contribution is 6.35. The van der Waals surface area contributed by atoms with Crippen molar-refractivity contribution in [3.05, 3.63) is 70.3 Å². The van der Waals surface area contributed by atoms with Gasteiger partial charge in [0.25, 0.3) is 0 Å². The maximum atomic E-state index is 9.86. The molecule has 0 saturated carbocycles. The van der Waals surface area contributed by atoms with Gasteiger partial charge in [-0.25, -0.2) is 0 Å². The van der Waals surface area contributed by atoms with Crippen molar-refractivity contribution in [2.75, 3.05) is 0 Å². The van der Waals surface area contributed by atoms with Crippen molar-refractivity contribution < 1.29 is 0 Å². The minimum atomic E-state index is 0.495. The van der Waals surface area contributed by atoms with Gasteiger partial charge in [0.1, 0.15) is 0 Å². The summed E-state index contributed by atoms with van der Waals surface area (Å²) in [7, 11) is 0. The highest BCUT2D eigenvalue weighted by atomic mass is 14.3. The molecule has 0 N–H and O–H groups in total. The second kappa shape index (κ2) is 5.43. The first-order chi connectivity index (χ1) is 13.6. The molecule has 5 aromatic rings. The van der Waals surface area contributed by atoms with Crippen molar-refractivity contribution in [1.82, 2.24) is 0 Å². The molecule has 0 amide bonds. The lowest BCUT2D eigenvalue weighted by molar-refractivity contribution is 1.46. The molecule has 0 aromatic heterocycles. The summed E-state index contributed by atoms with van der Waals surface area (Å²) in [4.78, 5) is 0. The van der Waals surface area contributed by atoms with Gasteiger partial charge in [-0.3, -0.25) is 0 Å². The Bertz CT molecular complexity index is 1600. The van der Waals surface area contributed by atoms with E-state index >= 15 is 0 Å². The minimum Gasteiger partial charge on any atom is -0.192 e. The van der Waals surface area contributed by atoms with Gasteiger partial charge in [-0.1, -0.05) is 30.3 Å². The molecule has 0 bridgehead atoms. The highest BCUT2D eigenvalue weighted by Crippen LogP contribution is 2.44. The van der Waals surface area contributed by atoms with Crippen LogP contribution >= 0.6 is 0 Å². The number of aryl methyl sites for hydroxylation is 2. The molecule has 128 valence electrons. The van der Waals surface area contributed by atoms with Crippen molar-refractivity contribution in [3.63, 3.8) is 0 Å². The lowest BCUT2D eigenvalue weighted by Crippen LogP contribution is -1.95. The van der Waals surface area contributed by atoms with Crippen molar-refractivity contribution in [2.45, 2.75) is 13.8 Å². The third-order valence-electron chi connectivity index (χ3n) is 5.78. The Morgan fingerprint density at radius 3 is 1.61 bits per heavy atom. The molecule has 0 aliphatic heterocycles. The van der Waals surface area contributed by atoms with Crippen molar-refractivity contribution in [3.8, 4) is 18.2 Å². The van der Waals surface area contributed by atoms with Gasteiger partial charge in [-0.15, -0.1) is 0 Å². The Labute approximate surface area is 161 Å². The van der Waals surface area contributed by atoms with Crippen molar-refractivity contribution in [2.24, 2.45) is 0 Å². The largest absolute Gasteiger partial charge is 0.192 e. The Morgan fingerprint density at radius 2 is 1.00 bits per heavy atom. The molecule has 0 heterocycles. The van der Waals surface area contributed by atoms with Crippen LogP contribution in [-0.2, 0) is 0 Å². The SMILES string of the molecule is Cc1ccc2c3ccc(C)c4c(C#N)cc(C#N)c(c5ccc(C#N)c1c25)c43. The van der Waals surface area contributed by atoms with Gasteiger partial charge in [0, 0.05) is 21.5 Å². The van der Waals surface area contributed by atoms with Gasteiger partial charge in [0.05, 0.1) is 34.9 Å². The molecule has 5 aromatic carbocycles. The van der Waals surface area contributed by atoms with E-state index < -0.39 is 0 Å². The zero-order chi connectivity index (χ0) is 19.6. The molecular formula is C25H13N3. The van der Waals surface area contributed by atoms with Gasteiger partial charge < -0.3 is 0 Å². The molecule has 28 heavy (non-hydrogen) atoms. The fourth-order valence-corrected chi connectivity index (χ4v) is 4.61. The number of nitrogens with zero attached hydrogens (tertiary/aromatic N) is 3. The second-order valence-corrected chi connectivity index (χ2v) is 7.20. The first-order valence-corrected chi connectivity index (χ1v) is 8.98. The molecule has 0 fully saturated rings. The Kier molecular flexibility index (Phi) is 3.12. The number of nitriles is 3. The van der Waals surface area contributed by atoms with E-state index in [1.807, 2.05) is 38.1 Å². The predicted octanol–water partition coefficient (Wildman–Crippen LogP) is 5.97. The monoisotopic (exact) mass is 355 g/mol. The summed E-state index contributed by atoms with van der Waals surface area (Å²) in [5.41, 5.74) is 3.71. The average Bonchev–Trinajstić information content (AvgIpc) is 2.73. The van der Waals surface area contributed by atoms with Crippen LogP contribution < -0.4 is 0 Å². The van der Waals surface area contributed by atoms with Gasteiger partial charge in [-0.05, 0) is 58.7 Å². The minimum absolute atomic E-state index is 0.495. The van der Waals surface area contributed by atoms with Crippen molar-refractivity contribution >= 4 is 43.1 Å². The quantitative estimate of drug-likeness (QED) is 0.254. The number of hydrogen-bond donors (Lipinski definition) is 0. The molecule has 5 rings (SSSR count). The molecule has 0 atom stereocenters. The lowest BCUT2D eigenvalue weighted by Gasteiger charge is -2.18. The Balaban J connectivity index is 2.29. The number of fused-ring (bicyclic) bond motifs is 2. The third kappa shape index (κ3) is 1.79. The van der Waals surface area contributed by atoms with Crippen LogP contribution in [0.4, 0.5) is 0 Å². The van der Waals surface area contributed by atoms with E-state index in [-0.39, 0.29) is 0 Å². The maximum absolute atomic E-state index is 9.86. The Morgan fingerprint density at radius 1 is 0.500 bits per heavy atom. The fourth-order valence-electron chi connectivity index (χ4n) is 4.61. The Hall–Kier alpha value is -4.13. The van der Waals surface area contributed by atoms with Crippen LogP contribution in [0.1, 0.15) is 27.8 Å². The van der Waals surface area contributed by atoms with Crippen LogP contribution in [0.2, 0.25) is 0 Å². The number of benzene rings is 5. The lowest BCUT2D eigenvalue weighted by atomic mass is 9.83. The van der Waals surface area contributed by atoms with Crippen molar-refractivity contribution in [1.29, 1.82) is 15.8 Å². The summed E-state index contributed by atoms with van der Waals surface area (Å²) in [6, 6.07) is 20.6. The van der Waals surface area contributed by atoms with Crippen LogP contribution in [0, 0.1) is 47.8 Å². The smallest absolute Gasteiger partial charge is 0.0998 e.